The fourth-order valence-electron chi connectivity index (χ4n) is 2.30. The first kappa shape index (κ1) is 13.1. The molecule has 3 rings (SSSR count). The predicted octanol–water partition coefficient (Wildman–Crippen LogP) is -0.368. The van der Waals surface area contributed by atoms with Gasteiger partial charge >= 0.3 is 0 Å². The minimum absolute atomic E-state index is 0.0361. The van der Waals surface area contributed by atoms with Crippen molar-refractivity contribution in [3.63, 3.8) is 0 Å². The molecule has 1 unspecified atom stereocenters. The Balaban J connectivity index is 1.86. The third-order valence-corrected chi connectivity index (χ3v) is 3.49. The summed E-state index contributed by atoms with van der Waals surface area (Å²) in [6, 6.07) is 4.19. The van der Waals surface area contributed by atoms with Crippen molar-refractivity contribution in [2.24, 2.45) is 0 Å². The summed E-state index contributed by atoms with van der Waals surface area (Å²) in [6.45, 7) is 0. The number of aromatic amines is 1. The van der Waals surface area contributed by atoms with Crippen LogP contribution in [-0.4, -0.2) is 45.9 Å². The highest BCUT2D eigenvalue weighted by Gasteiger charge is 2.37. The Morgan fingerprint density at radius 3 is 2.90 bits per heavy atom. The number of imide groups is 1. The summed E-state index contributed by atoms with van der Waals surface area (Å²) in [5.74, 6) is -1.26. The number of benzene rings is 1. The van der Waals surface area contributed by atoms with Crippen LogP contribution in [-0.2, 0) is 9.59 Å². The third kappa shape index (κ3) is 2.10. The van der Waals surface area contributed by atoms with Crippen molar-refractivity contribution in [2.75, 3.05) is 12.8 Å². The molecule has 1 aromatic carbocycles. The molecule has 108 valence electrons. The lowest BCUT2D eigenvalue weighted by molar-refractivity contribution is -0.137. The van der Waals surface area contributed by atoms with E-state index in [-0.39, 0.29) is 18.0 Å². The van der Waals surface area contributed by atoms with E-state index >= 15 is 0 Å². The summed E-state index contributed by atoms with van der Waals surface area (Å²) >= 11 is 0. The molecule has 0 bridgehead atoms. The van der Waals surface area contributed by atoms with Crippen LogP contribution in [0.1, 0.15) is 16.9 Å². The number of H-pyrrole nitrogens is 1. The van der Waals surface area contributed by atoms with Crippen LogP contribution in [0.5, 0.6) is 0 Å². The average molecular weight is 287 g/mol. The number of carbonyl (C=O) groups is 3. The molecular formula is C13H13N5O3. The maximum absolute atomic E-state index is 12.2. The van der Waals surface area contributed by atoms with Crippen LogP contribution in [0, 0.1) is 0 Å². The summed E-state index contributed by atoms with van der Waals surface area (Å²) in [4.78, 5) is 36.5. The highest BCUT2D eigenvalue weighted by Crippen LogP contribution is 2.19. The van der Waals surface area contributed by atoms with Gasteiger partial charge in [-0.25, -0.2) is 0 Å². The Morgan fingerprint density at radius 2 is 2.24 bits per heavy atom. The van der Waals surface area contributed by atoms with Gasteiger partial charge in [0.2, 0.25) is 5.91 Å². The normalized spacial score (nSPS) is 18.5. The number of hydrogen-bond acceptors (Lipinski definition) is 5. The molecule has 0 saturated carbocycles. The van der Waals surface area contributed by atoms with E-state index in [1.54, 1.807) is 18.2 Å². The van der Waals surface area contributed by atoms with Crippen LogP contribution < -0.4 is 11.1 Å². The second kappa shape index (κ2) is 4.58. The molecule has 1 atom stereocenters. The molecule has 21 heavy (non-hydrogen) atoms. The van der Waals surface area contributed by atoms with Crippen LogP contribution >= 0.6 is 0 Å². The maximum atomic E-state index is 12.2. The fourth-order valence-corrected chi connectivity index (χ4v) is 2.30. The van der Waals surface area contributed by atoms with Crippen LogP contribution in [0.4, 0.5) is 5.69 Å². The summed E-state index contributed by atoms with van der Waals surface area (Å²) in [7, 11) is 1.39. The van der Waals surface area contributed by atoms with Crippen LogP contribution in [0.2, 0.25) is 0 Å². The quantitative estimate of drug-likeness (QED) is 0.514. The van der Waals surface area contributed by atoms with Crippen molar-refractivity contribution in [3.05, 3.63) is 23.9 Å². The number of nitrogens with two attached hydrogens (primary N) is 1. The minimum atomic E-state index is -0.845. The molecule has 8 nitrogen and oxygen atoms in total. The standard InChI is InChI=1S/C13H13N5O3/c1-18-10(19)5-9(13(18)21)15-12(20)11-7-4-6(14)2-3-8(7)16-17-11/h2-4,9H,5,14H2,1H3,(H,15,20)(H,16,17). The van der Waals surface area contributed by atoms with Gasteiger partial charge in [-0.1, -0.05) is 0 Å². The number of likely N-dealkylation sites (N-methyl/N-ethyl adjacent to an activating group) is 1. The topological polar surface area (TPSA) is 121 Å². The first-order chi connectivity index (χ1) is 9.97. The van der Waals surface area contributed by atoms with Crippen molar-refractivity contribution in [2.45, 2.75) is 12.5 Å². The monoisotopic (exact) mass is 287 g/mol. The van der Waals surface area contributed by atoms with Crippen molar-refractivity contribution >= 4 is 34.3 Å². The number of anilines is 1. The number of aromatic nitrogens is 2. The van der Waals surface area contributed by atoms with Gasteiger partial charge in [0.1, 0.15) is 6.04 Å². The summed E-state index contributed by atoms with van der Waals surface area (Å²) in [6.07, 6.45) is -0.0361. The van der Waals surface area contributed by atoms with E-state index in [2.05, 4.69) is 15.5 Å². The molecule has 1 aromatic heterocycles. The number of likely N-dealkylation sites (tertiary alicyclic amines) is 1. The molecule has 8 heteroatoms. The number of rotatable bonds is 2. The molecule has 1 fully saturated rings. The van der Waals surface area contributed by atoms with Gasteiger partial charge in [0.25, 0.3) is 11.8 Å². The molecule has 2 aromatic rings. The lowest BCUT2D eigenvalue weighted by Gasteiger charge is -2.10. The van der Waals surface area contributed by atoms with E-state index in [0.717, 1.165) is 4.90 Å². The highest BCUT2D eigenvalue weighted by molar-refractivity contribution is 6.10. The summed E-state index contributed by atoms with van der Waals surface area (Å²) in [5.41, 5.74) is 7.01. The molecule has 0 radical (unpaired) electrons. The minimum Gasteiger partial charge on any atom is -0.399 e. The van der Waals surface area contributed by atoms with Gasteiger partial charge in [-0.3, -0.25) is 24.4 Å². The van der Waals surface area contributed by atoms with Gasteiger partial charge in [0.15, 0.2) is 5.69 Å². The van der Waals surface area contributed by atoms with Gasteiger partial charge < -0.3 is 11.1 Å². The Hall–Kier alpha value is -2.90. The van der Waals surface area contributed by atoms with E-state index in [1.165, 1.54) is 7.05 Å². The number of amides is 3. The van der Waals surface area contributed by atoms with Gasteiger partial charge in [-0.15, -0.1) is 0 Å². The first-order valence-electron chi connectivity index (χ1n) is 6.32. The second-order valence-electron chi connectivity index (χ2n) is 4.90. The Bertz CT molecular complexity index is 766. The number of fused-ring (bicyclic) bond motifs is 1. The Kier molecular flexibility index (Phi) is 2.86. The molecule has 4 N–H and O–H groups in total. The molecule has 2 heterocycles. The highest BCUT2D eigenvalue weighted by atomic mass is 16.2. The number of nitrogens with zero attached hydrogens (tertiary/aromatic N) is 2. The smallest absolute Gasteiger partial charge is 0.273 e. The molecular weight excluding hydrogens is 274 g/mol. The Morgan fingerprint density at radius 1 is 1.48 bits per heavy atom. The summed E-state index contributed by atoms with van der Waals surface area (Å²) in [5, 5.41) is 9.76. The maximum Gasteiger partial charge on any atom is 0.273 e. The van der Waals surface area contributed by atoms with Crippen LogP contribution in [0.3, 0.4) is 0 Å². The van der Waals surface area contributed by atoms with E-state index < -0.39 is 17.9 Å². The lowest BCUT2D eigenvalue weighted by atomic mass is 10.1. The van der Waals surface area contributed by atoms with E-state index in [1.807, 2.05) is 0 Å². The number of hydrogen-bond donors (Lipinski definition) is 3. The lowest BCUT2D eigenvalue weighted by Crippen LogP contribution is -2.40. The number of nitrogens with one attached hydrogen (secondary N) is 2. The van der Waals surface area contributed by atoms with Crippen LogP contribution in [0.15, 0.2) is 18.2 Å². The first-order valence-corrected chi connectivity index (χ1v) is 6.32. The van der Waals surface area contributed by atoms with Crippen LogP contribution in [0.25, 0.3) is 10.9 Å². The van der Waals surface area contributed by atoms with Gasteiger partial charge in [-0.05, 0) is 18.2 Å². The fraction of sp³-hybridized carbons (Fsp3) is 0.231. The number of carbonyl (C=O) groups excluding carboxylic acids is 3. The summed E-state index contributed by atoms with van der Waals surface area (Å²) < 4.78 is 0. The van der Waals surface area contributed by atoms with Gasteiger partial charge in [0, 0.05) is 18.1 Å². The van der Waals surface area contributed by atoms with Gasteiger partial charge in [0.05, 0.1) is 11.9 Å². The van der Waals surface area contributed by atoms with E-state index in [0.29, 0.717) is 16.6 Å². The van der Waals surface area contributed by atoms with E-state index in [9.17, 15) is 14.4 Å². The van der Waals surface area contributed by atoms with Crippen molar-refractivity contribution in [3.8, 4) is 0 Å². The van der Waals surface area contributed by atoms with Gasteiger partial charge in [-0.2, -0.15) is 5.10 Å². The largest absolute Gasteiger partial charge is 0.399 e. The zero-order valence-electron chi connectivity index (χ0n) is 11.2. The Labute approximate surface area is 119 Å². The zero-order chi connectivity index (χ0) is 15.1. The zero-order valence-corrected chi connectivity index (χ0v) is 11.2. The third-order valence-electron chi connectivity index (χ3n) is 3.49. The van der Waals surface area contributed by atoms with Crippen molar-refractivity contribution in [1.82, 2.24) is 20.4 Å². The van der Waals surface area contributed by atoms with Crippen molar-refractivity contribution in [1.29, 1.82) is 0 Å². The molecule has 1 aliphatic rings. The predicted molar refractivity (Wildman–Crippen MR) is 74.2 cm³/mol. The molecule has 0 aliphatic carbocycles. The SMILES string of the molecule is CN1C(=O)CC(NC(=O)c2n[nH]c3ccc(N)cc23)C1=O. The molecule has 1 aliphatic heterocycles. The molecule has 3 amide bonds. The van der Waals surface area contributed by atoms with Crippen molar-refractivity contribution < 1.29 is 14.4 Å². The number of nitrogen functional groups attached to an aromatic ring is 1. The second-order valence-corrected chi connectivity index (χ2v) is 4.90. The average Bonchev–Trinajstić information content (AvgIpc) is 2.96. The van der Waals surface area contributed by atoms with E-state index in [4.69, 9.17) is 5.73 Å². The molecule has 0 spiro atoms. The molecule has 1 saturated heterocycles.